The topological polar surface area (TPSA) is 60.2 Å². The van der Waals surface area contributed by atoms with Gasteiger partial charge in [-0.25, -0.2) is 4.98 Å². The van der Waals surface area contributed by atoms with Crippen molar-refractivity contribution in [3.05, 3.63) is 46.6 Å². The Hall–Kier alpha value is -1.75. The number of benzene rings is 1. The highest BCUT2D eigenvalue weighted by molar-refractivity contribution is 9.10. The third kappa shape index (κ3) is 3.13. The van der Waals surface area contributed by atoms with Crippen LogP contribution in [0.4, 0.5) is 11.5 Å². The summed E-state index contributed by atoms with van der Waals surface area (Å²) in [5, 5.41) is 3.22. The molecule has 3 N–H and O–H groups in total. The summed E-state index contributed by atoms with van der Waals surface area (Å²) >= 11 is 3.35. The van der Waals surface area contributed by atoms with Gasteiger partial charge in [0.1, 0.15) is 11.6 Å². The van der Waals surface area contributed by atoms with E-state index in [2.05, 4.69) is 26.2 Å². The predicted octanol–water partition coefficient (Wildman–Crippen LogP) is 3.05. The van der Waals surface area contributed by atoms with Crippen molar-refractivity contribution in [2.75, 3.05) is 18.2 Å². The van der Waals surface area contributed by atoms with Gasteiger partial charge in [-0.15, -0.1) is 0 Å². The maximum absolute atomic E-state index is 5.77. The fourth-order valence-corrected chi connectivity index (χ4v) is 1.84. The number of nitrogen functional groups attached to an aromatic ring is 1. The number of nitrogens with one attached hydrogen (secondary N) is 1. The van der Waals surface area contributed by atoms with Crippen molar-refractivity contribution in [1.29, 1.82) is 0 Å². The lowest BCUT2D eigenvalue weighted by molar-refractivity contribution is 0.410. The Bertz CT molecular complexity index is 528. The van der Waals surface area contributed by atoms with Gasteiger partial charge in [0.05, 0.1) is 7.11 Å². The molecule has 94 valence electrons. The second-order valence-electron chi connectivity index (χ2n) is 3.79. The normalized spacial score (nSPS) is 10.1. The monoisotopic (exact) mass is 307 g/mol. The van der Waals surface area contributed by atoms with Gasteiger partial charge >= 0.3 is 0 Å². The van der Waals surface area contributed by atoms with Crippen LogP contribution in [-0.2, 0) is 6.54 Å². The van der Waals surface area contributed by atoms with Gasteiger partial charge in [-0.3, -0.25) is 0 Å². The number of nitrogens with two attached hydrogens (primary N) is 1. The zero-order chi connectivity index (χ0) is 13.0. The highest BCUT2D eigenvalue weighted by atomic mass is 79.9. The Morgan fingerprint density at radius 3 is 2.83 bits per heavy atom. The molecular weight excluding hydrogens is 294 g/mol. The van der Waals surface area contributed by atoms with Crippen LogP contribution in [0.25, 0.3) is 0 Å². The summed E-state index contributed by atoms with van der Waals surface area (Å²) in [6.45, 7) is 0.614. The zero-order valence-electron chi connectivity index (χ0n) is 9.98. The standard InChI is InChI=1S/C13H14BrN3O/c1-18-12-4-3-11(15)6-9(12)7-16-13-5-2-10(14)8-17-13/h2-6,8H,7,15H2,1H3,(H,16,17). The fourth-order valence-electron chi connectivity index (χ4n) is 1.60. The van der Waals surface area contributed by atoms with E-state index in [4.69, 9.17) is 10.5 Å². The van der Waals surface area contributed by atoms with E-state index in [0.717, 1.165) is 27.3 Å². The zero-order valence-corrected chi connectivity index (χ0v) is 11.6. The summed E-state index contributed by atoms with van der Waals surface area (Å²) < 4.78 is 6.24. The Morgan fingerprint density at radius 2 is 2.17 bits per heavy atom. The van der Waals surface area contributed by atoms with Gasteiger partial charge in [0.15, 0.2) is 0 Å². The molecule has 0 saturated heterocycles. The van der Waals surface area contributed by atoms with Crippen LogP contribution in [0.1, 0.15) is 5.56 Å². The largest absolute Gasteiger partial charge is 0.496 e. The van der Waals surface area contributed by atoms with Crippen LogP contribution in [0.5, 0.6) is 5.75 Å². The van der Waals surface area contributed by atoms with Crippen molar-refractivity contribution >= 4 is 27.4 Å². The van der Waals surface area contributed by atoms with Crippen molar-refractivity contribution in [2.24, 2.45) is 0 Å². The van der Waals surface area contributed by atoms with Crippen LogP contribution in [0.3, 0.4) is 0 Å². The number of ether oxygens (including phenoxy) is 1. The highest BCUT2D eigenvalue weighted by Gasteiger charge is 2.03. The fraction of sp³-hybridized carbons (Fsp3) is 0.154. The maximum atomic E-state index is 5.77. The minimum atomic E-state index is 0.614. The van der Waals surface area contributed by atoms with Crippen molar-refractivity contribution in [1.82, 2.24) is 4.98 Å². The molecule has 0 aliphatic heterocycles. The van der Waals surface area contributed by atoms with E-state index in [-0.39, 0.29) is 0 Å². The Kier molecular flexibility index (Phi) is 4.04. The van der Waals surface area contributed by atoms with E-state index in [9.17, 15) is 0 Å². The molecule has 1 aromatic heterocycles. The number of pyridine rings is 1. The number of hydrogen-bond acceptors (Lipinski definition) is 4. The minimum Gasteiger partial charge on any atom is -0.496 e. The number of methoxy groups -OCH3 is 1. The molecule has 0 bridgehead atoms. The molecule has 1 aromatic carbocycles. The molecule has 0 radical (unpaired) electrons. The van der Waals surface area contributed by atoms with E-state index in [0.29, 0.717) is 6.54 Å². The van der Waals surface area contributed by atoms with E-state index in [1.54, 1.807) is 13.3 Å². The van der Waals surface area contributed by atoms with Crippen LogP contribution in [-0.4, -0.2) is 12.1 Å². The molecule has 2 rings (SSSR count). The molecule has 0 unspecified atom stereocenters. The van der Waals surface area contributed by atoms with Gasteiger partial charge in [-0.2, -0.15) is 0 Å². The van der Waals surface area contributed by atoms with E-state index < -0.39 is 0 Å². The number of aromatic nitrogens is 1. The molecule has 0 atom stereocenters. The lowest BCUT2D eigenvalue weighted by Crippen LogP contribution is -2.03. The Morgan fingerprint density at radius 1 is 1.33 bits per heavy atom. The van der Waals surface area contributed by atoms with Crippen LogP contribution in [0.2, 0.25) is 0 Å². The number of anilines is 2. The van der Waals surface area contributed by atoms with Crippen molar-refractivity contribution < 1.29 is 4.74 Å². The average molecular weight is 308 g/mol. The quantitative estimate of drug-likeness (QED) is 0.852. The molecular formula is C13H14BrN3O. The van der Waals surface area contributed by atoms with Gasteiger partial charge in [-0.05, 0) is 46.3 Å². The molecule has 0 amide bonds. The van der Waals surface area contributed by atoms with Crippen LogP contribution >= 0.6 is 15.9 Å². The number of halogens is 1. The number of rotatable bonds is 4. The highest BCUT2D eigenvalue weighted by Crippen LogP contribution is 2.22. The first-order valence-electron chi connectivity index (χ1n) is 5.47. The summed E-state index contributed by atoms with van der Waals surface area (Å²) in [6.07, 6.45) is 1.75. The molecule has 0 saturated carbocycles. The summed E-state index contributed by atoms with van der Waals surface area (Å²) in [7, 11) is 1.65. The summed E-state index contributed by atoms with van der Waals surface area (Å²) in [4.78, 5) is 4.24. The number of nitrogens with zero attached hydrogens (tertiary/aromatic N) is 1. The van der Waals surface area contributed by atoms with Crippen LogP contribution < -0.4 is 15.8 Å². The first-order valence-corrected chi connectivity index (χ1v) is 6.26. The third-order valence-electron chi connectivity index (χ3n) is 2.49. The molecule has 18 heavy (non-hydrogen) atoms. The lowest BCUT2D eigenvalue weighted by Gasteiger charge is -2.10. The van der Waals surface area contributed by atoms with Gasteiger partial charge in [0.2, 0.25) is 0 Å². The first kappa shape index (κ1) is 12.7. The van der Waals surface area contributed by atoms with Crippen molar-refractivity contribution in [2.45, 2.75) is 6.54 Å². The number of hydrogen-bond donors (Lipinski definition) is 2. The molecule has 1 heterocycles. The van der Waals surface area contributed by atoms with E-state index >= 15 is 0 Å². The summed E-state index contributed by atoms with van der Waals surface area (Å²) in [5.41, 5.74) is 7.49. The van der Waals surface area contributed by atoms with Crippen LogP contribution in [0, 0.1) is 0 Å². The molecule has 2 aromatic rings. The maximum Gasteiger partial charge on any atom is 0.126 e. The second kappa shape index (κ2) is 5.73. The molecule has 0 aliphatic rings. The molecule has 4 nitrogen and oxygen atoms in total. The SMILES string of the molecule is COc1ccc(N)cc1CNc1ccc(Br)cn1. The summed E-state index contributed by atoms with van der Waals surface area (Å²) in [6, 6.07) is 9.42. The Balaban J connectivity index is 2.09. The van der Waals surface area contributed by atoms with Crippen molar-refractivity contribution in [3.63, 3.8) is 0 Å². The molecule has 0 spiro atoms. The van der Waals surface area contributed by atoms with Gasteiger partial charge in [-0.1, -0.05) is 0 Å². The van der Waals surface area contributed by atoms with E-state index in [1.165, 1.54) is 0 Å². The van der Waals surface area contributed by atoms with Gasteiger partial charge in [0, 0.05) is 28.5 Å². The van der Waals surface area contributed by atoms with Crippen molar-refractivity contribution in [3.8, 4) is 5.75 Å². The Labute approximate surface area is 114 Å². The molecule has 0 aliphatic carbocycles. The molecule has 0 fully saturated rings. The van der Waals surface area contributed by atoms with Crippen LogP contribution in [0.15, 0.2) is 41.0 Å². The predicted molar refractivity (Wildman–Crippen MR) is 76.7 cm³/mol. The minimum absolute atomic E-state index is 0.614. The van der Waals surface area contributed by atoms with E-state index in [1.807, 2.05) is 30.3 Å². The third-order valence-corrected chi connectivity index (χ3v) is 2.96. The second-order valence-corrected chi connectivity index (χ2v) is 4.70. The average Bonchev–Trinajstić information content (AvgIpc) is 2.38. The van der Waals surface area contributed by atoms with Gasteiger partial charge < -0.3 is 15.8 Å². The smallest absolute Gasteiger partial charge is 0.126 e. The lowest BCUT2D eigenvalue weighted by atomic mass is 10.2. The molecule has 5 heteroatoms. The van der Waals surface area contributed by atoms with Gasteiger partial charge in [0.25, 0.3) is 0 Å². The summed E-state index contributed by atoms with van der Waals surface area (Å²) in [5.74, 6) is 1.62. The first-order chi connectivity index (χ1) is 8.69.